The third-order valence-electron chi connectivity index (χ3n) is 3.12. The molecule has 1 aliphatic heterocycles. The lowest BCUT2D eigenvalue weighted by molar-refractivity contribution is -0.141. The highest BCUT2D eigenvalue weighted by molar-refractivity contribution is 5.78. The summed E-state index contributed by atoms with van der Waals surface area (Å²) in [5.74, 6) is 0.126. The van der Waals surface area contributed by atoms with Gasteiger partial charge in [0, 0.05) is 25.7 Å². The zero-order valence-corrected chi connectivity index (χ0v) is 10.7. The van der Waals surface area contributed by atoms with Gasteiger partial charge in [-0.1, -0.05) is 0 Å². The first-order chi connectivity index (χ1) is 7.98. The maximum absolute atomic E-state index is 11.7. The molecule has 5 heteroatoms. The highest BCUT2D eigenvalue weighted by Gasteiger charge is 2.34. The van der Waals surface area contributed by atoms with Gasteiger partial charge in [0.2, 0.25) is 5.91 Å². The minimum Gasteiger partial charge on any atom is -0.368 e. The molecule has 5 nitrogen and oxygen atoms in total. The number of ether oxygens (including phenoxy) is 1. The Balaban J connectivity index is 1.83. The molecule has 1 aliphatic carbocycles. The van der Waals surface area contributed by atoms with Crippen LogP contribution in [0.15, 0.2) is 0 Å². The minimum atomic E-state index is -0.220. The molecule has 0 bridgehead atoms. The highest BCUT2D eigenvalue weighted by atomic mass is 16.5. The molecule has 0 aromatic carbocycles. The summed E-state index contributed by atoms with van der Waals surface area (Å²) in [7, 11) is 0. The van der Waals surface area contributed by atoms with Crippen LogP contribution >= 0.6 is 0 Å². The highest BCUT2D eigenvalue weighted by Crippen LogP contribution is 2.21. The van der Waals surface area contributed by atoms with E-state index in [2.05, 4.69) is 10.2 Å². The topological polar surface area (TPSA) is 67.6 Å². The molecule has 1 amide bonds. The zero-order valence-electron chi connectivity index (χ0n) is 10.7. The fourth-order valence-electron chi connectivity index (χ4n) is 2.36. The molecule has 3 N–H and O–H groups in total. The van der Waals surface area contributed by atoms with Gasteiger partial charge in [0.05, 0.1) is 18.2 Å². The molecule has 1 saturated heterocycles. The largest absolute Gasteiger partial charge is 0.368 e. The Kier molecular flexibility index (Phi) is 3.70. The van der Waals surface area contributed by atoms with E-state index in [0.29, 0.717) is 19.1 Å². The number of nitrogens with zero attached hydrogens (tertiary/aromatic N) is 1. The predicted octanol–water partition coefficient (Wildman–Crippen LogP) is -0.297. The summed E-state index contributed by atoms with van der Waals surface area (Å²) in [6, 6.07) is 0.432. The zero-order chi connectivity index (χ0) is 12.5. The molecule has 2 rings (SSSR count). The van der Waals surface area contributed by atoms with E-state index in [4.69, 9.17) is 10.5 Å². The second kappa shape index (κ2) is 4.92. The van der Waals surface area contributed by atoms with Gasteiger partial charge < -0.3 is 15.8 Å². The summed E-state index contributed by atoms with van der Waals surface area (Å²) in [5, 5.41) is 3.01. The van der Waals surface area contributed by atoms with Crippen molar-refractivity contribution < 1.29 is 9.53 Å². The number of amides is 1. The van der Waals surface area contributed by atoms with Crippen LogP contribution in [0, 0.1) is 0 Å². The fourth-order valence-corrected chi connectivity index (χ4v) is 2.36. The SMILES string of the molecule is CC1(C)CN(CC(=O)NC2CC2)CC(CN)O1. The maximum Gasteiger partial charge on any atom is 0.234 e. The van der Waals surface area contributed by atoms with Gasteiger partial charge in [-0.3, -0.25) is 9.69 Å². The van der Waals surface area contributed by atoms with Crippen LogP contribution in [0.4, 0.5) is 0 Å². The molecule has 2 aliphatic rings. The first-order valence-electron chi connectivity index (χ1n) is 6.38. The predicted molar refractivity (Wildman–Crippen MR) is 65.6 cm³/mol. The minimum absolute atomic E-state index is 0.0347. The molecule has 98 valence electrons. The Bertz CT molecular complexity index is 289. The number of carbonyl (C=O) groups is 1. The quantitative estimate of drug-likeness (QED) is 0.709. The standard InChI is InChI=1S/C12H23N3O2/c1-12(2)8-15(6-10(5-13)17-12)7-11(16)14-9-3-4-9/h9-10H,3-8,13H2,1-2H3,(H,14,16). The van der Waals surface area contributed by atoms with Gasteiger partial charge in [0.15, 0.2) is 0 Å². The third kappa shape index (κ3) is 3.94. The first-order valence-corrected chi connectivity index (χ1v) is 6.38. The Morgan fingerprint density at radius 2 is 2.24 bits per heavy atom. The molecule has 2 fully saturated rings. The van der Waals surface area contributed by atoms with Crippen LogP contribution in [-0.4, -0.2) is 54.7 Å². The lowest BCUT2D eigenvalue weighted by Crippen LogP contribution is -2.56. The molecule has 1 saturated carbocycles. The number of carbonyl (C=O) groups excluding carboxylic acids is 1. The average molecular weight is 241 g/mol. The summed E-state index contributed by atoms with van der Waals surface area (Å²) in [6.07, 6.45) is 2.30. The van der Waals surface area contributed by atoms with Crippen molar-refractivity contribution in [3.8, 4) is 0 Å². The Morgan fingerprint density at radius 1 is 1.53 bits per heavy atom. The fraction of sp³-hybridized carbons (Fsp3) is 0.917. The summed E-state index contributed by atoms with van der Waals surface area (Å²) in [6.45, 7) is 6.57. The van der Waals surface area contributed by atoms with Crippen LogP contribution in [0.1, 0.15) is 26.7 Å². The van der Waals surface area contributed by atoms with Crippen LogP contribution in [-0.2, 0) is 9.53 Å². The van der Waals surface area contributed by atoms with Gasteiger partial charge >= 0.3 is 0 Å². The van der Waals surface area contributed by atoms with Crippen molar-refractivity contribution in [3.05, 3.63) is 0 Å². The molecule has 0 aromatic heterocycles. The van der Waals surface area contributed by atoms with Gasteiger partial charge in [-0.25, -0.2) is 0 Å². The summed E-state index contributed by atoms with van der Waals surface area (Å²) in [4.78, 5) is 13.9. The van der Waals surface area contributed by atoms with Crippen LogP contribution in [0.2, 0.25) is 0 Å². The number of hydrogen-bond acceptors (Lipinski definition) is 4. The number of morpholine rings is 1. The van der Waals surface area contributed by atoms with Crippen LogP contribution in [0.5, 0.6) is 0 Å². The van der Waals surface area contributed by atoms with Crippen LogP contribution in [0.3, 0.4) is 0 Å². The van der Waals surface area contributed by atoms with Crippen molar-refractivity contribution >= 4 is 5.91 Å². The van der Waals surface area contributed by atoms with Crippen molar-refractivity contribution in [1.82, 2.24) is 10.2 Å². The normalized spacial score (nSPS) is 29.0. The summed E-state index contributed by atoms with van der Waals surface area (Å²) in [5.41, 5.74) is 5.44. The Morgan fingerprint density at radius 3 is 2.82 bits per heavy atom. The Labute approximate surface area is 103 Å². The van der Waals surface area contributed by atoms with E-state index in [1.807, 2.05) is 13.8 Å². The van der Waals surface area contributed by atoms with Crippen molar-refractivity contribution in [2.75, 3.05) is 26.2 Å². The molecule has 1 unspecified atom stereocenters. The van der Waals surface area contributed by atoms with Gasteiger partial charge in [-0.2, -0.15) is 0 Å². The van der Waals surface area contributed by atoms with E-state index < -0.39 is 0 Å². The molecule has 17 heavy (non-hydrogen) atoms. The van der Waals surface area contributed by atoms with Crippen molar-refractivity contribution in [2.24, 2.45) is 5.73 Å². The number of rotatable bonds is 4. The first kappa shape index (κ1) is 12.8. The van der Waals surface area contributed by atoms with Gasteiger partial charge in [0.1, 0.15) is 0 Å². The molecule has 1 atom stereocenters. The van der Waals surface area contributed by atoms with Gasteiger partial charge in [0.25, 0.3) is 0 Å². The van der Waals surface area contributed by atoms with Crippen LogP contribution in [0.25, 0.3) is 0 Å². The van der Waals surface area contributed by atoms with E-state index in [1.165, 1.54) is 0 Å². The number of hydrogen-bond donors (Lipinski definition) is 2. The van der Waals surface area contributed by atoms with E-state index >= 15 is 0 Å². The lowest BCUT2D eigenvalue weighted by Gasteiger charge is -2.42. The van der Waals surface area contributed by atoms with E-state index in [1.54, 1.807) is 0 Å². The third-order valence-corrected chi connectivity index (χ3v) is 3.12. The number of nitrogens with one attached hydrogen (secondary N) is 1. The molecular weight excluding hydrogens is 218 g/mol. The molecule has 0 spiro atoms. The van der Waals surface area contributed by atoms with E-state index in [-0.39, 0.29) is 17.6 Å². The Hall–Kier alpha value is -0.650. The number of nitrogens with two attached hydrogens (primary N) is 1. The van der Waals surface area contributed by atoms with E-state index in [9.17, 15) is 4.79 Å². The van der Waals surface area contributed by atoms with Crippen molar-refractivity contribution in [3.63, 3.8) is 0 Å². The van der Waals surface area contributed by atoms with Crippen LogP contribution < -0.4 is 11.1 Å². The molecule has 0 aromatic rings. The van der Waals surface area contributed by atoms with Gasteiger partial charge in [-0.05, 0) is 26.7 Å². The molecule has 1 heterocycles. The maximum atomic E-state index is 11.7. The monoisotopic (exact) mass is 241 g/mol. The summed E-state index contributed by atoms with van der Waals surface area (Å²) < 4.78 is 5.83. The molecule has 0 radical (unpaired) electrons. The van der Waals surface area contributed by atoms with Crippen molar-refractivity contribution in [1.29, 1.82) is 0 Å². The second-order valence-corrected chi connectivity index (χ2v) is 5.75. The summed E-state index contributed by atoms with van der Waals surface area (Å²) >= 11 is 0. The van der Waals surface area contributed by atoms with Gasteiger partial charge in [-0.15, -0.1) is 0 Å². The van der Waals surface area contributed by atoms with E-state index in [0.717, 1.165) is 25.9 Å². The molecular formula is C12H23N3O2. The van der Waals surface area contributed by atoms with Crippen molar-refractivity contribution in [2.45, 2.75) is 44.4 Å². The smallest absolute Gasteiger partial charge is 0.234 e. The second-order valence-electron chi connectivity index (χ2n) is 5.75. The lowest BCUT2D eigenvalue weighted by atomic mass is 10.1. The average Bonchev–Trinajstić information content (AvgIpc) is 2.98.